The van der Waals surface area contributed by atoms with Crippen LogP contribution in [0.2, 0.25) is 10.0 Å². The Bertz CT molecular complexity index is 556. The van der Waals surface area contributed by atoms with Crippen molar-refractivity contribution < 1.29 is 9.90 Å². The Morgan fingerprint density at radius 2 is 2.14 bits per heavy atom. The number of carbonyl (C=O) groups is 1. The van der Waals surface area contributed by atoms with Gasteiger partial charge >= 0.3 is 0 Å². The largest absolute Gasteiger partial charge is 0.391 e. The maximum atomic E-state index is 12.1. The van der Waals surface area contributed by atoms with Gasteiger partial charge in [-0.3, -0.25) is 4.79 Å². The van der Waals surface area contributed by atoms with Crippen LogP contribution in [0.25, 0.3) is 0 Å². The van der Waals surface area contributed by atoms with Gasteiger partial charge in [0.1, 0.15) is 0 Å². The predicted octanol–water partition coefficient (Wildman–Crippen LogP) is 2.22. The lowest BCUT2D eigenvalue weighted by Crippen LogP contribution is -2.35. The van der Waals surface area contributed by atoms with Gasteiger partial charge in [-0.1, -0.05) is 29.3 Å². The molecule has 0 aromatic heterocycles. The summed E-state index contributed by atoms with van der Waals surface area (Å²) in [5.74, 6) is 0.312. The molecule has 3 N–H and O–H groups in total. The number of rotatable bonds is 4. The molecule has 1 amide bonds. The average Bonchev–Trinajstić information content (AvgIpc) is 3.12. The molecule has 1 aliphatic heterocycles. The molecule has 0 radical (unpaired) electrons. The maximum Gasteiger partial charge on any atom is 0.223 e. The van der Waals surface area contributed by atoms with Crippen molar-refractivity contribution in [1.29, 1.82) is 0 Å². The molecule has 2 aliphatic rings. The highest BCUT2D eigenvalue weighted by molar-refractivity contribution is 6.35. The fourth-order valence-electron chi connectivity index (χ4n) is 2.92. The molecule has 0 spiro atoms. The first-order valence-electron chi connectivity index (χ1n) is 7.17. The first-order chi connectivity index (χ1) is 10.1. The van der Waals surface area contributed by atoms with Gasteiger partial charge in [-0.25, -0.2) is 0 Å². The molecule has 1 saturated heterocycles. The van der Waals surface area contributed by atoms with Crippen molar-refractivity contribution in [2.75, 3.05) is 19.6 Å². The number of aliphatic hydroxyl groups is 1. The van der Waals surface area contributed by atoms with Crippen LogP contribution in [-0.2, 0) is 4.79 Å². The Labute approximate surface area is 146 Å². The van der Waals surface area contributed by atoms with Crippen LogP contribution < -0.4 is 10.6 Å². The highest BCUT2D eigenvalue weighted by atomic mass is 35.5. The zero-order valence-corrected chi connectivity index (χ0v) is 14.2. The van der Waals surface area contributed by atoms with E-state index >= 15 is 0 Å². The molecule has 122 valence electrons. The lowest BCUT2D eigenvalue weighted by Gasteiger charge is -2.14. The van der Waals surface area contributed by atoms with E-state index in [4.69, 9.17) is 23.2 Å². The molecule has 0 bridgehead atoms. The number of β-amino-alcohol motifs (C(OH)–C–C–N with tert-alkyl or cyclic N) is 1. The Hall–Kier alpha value is -0.520. The fourth-order valence-corrected chi connectivity index (χ4v) is 3.47. The van der Waals surface area contributed by atoms with E-state index in [2.05, 4.69) is 10.6 Å². The van der Waals surface area contributed by atoms with Crippen LogP contribution in [0, 0.1) is 11.8 Å². The number of hydrogen-bond donors (Lipinski definition) is 3. The van der Waals surface area contributed by atoms with Crippen LogP contribution in [0.5, 0.6) is 0 Å². The monoisotopic (exact) mass is 364 g/mol. The fraction of sp³-hybridized carbons (Fsp3) is 0.533. The van der Waals surface area contributed by atoms with Crippen LogP contribution in [0.3, 0.4) is 0 Å². The normalized spacial score (nSPS) is 29.8. The van der Waals surface area contributed by atoms with Crippen molar-refractivity contribution in [3.05, 3.63) is 33.8 Å². The molecule has 22 heavy (non-hydrogen) atoms. The SMILES string of the molecule is Cl.O=C(NCC1CNCC1O)C1CC1c1ccc(Cl)cc1Cl. The summed E-state index contributed by atoms with van der Waals surface area (Å²) in [7, 11) is 0. The zero-order valence-electron chi connectivity index (χ0n) is 11.9. The molecule has 7 heteroatoms. The second-order valence-electron chi connectivity index (χ2n) is 5.85. The lowest BCUT2D eigenvalue weighted by molar-refractivity contribution is -0.122. The van der Waals surface area contributed by atoms with Crippen LogP contribution in [0.1, 0.15) is 17.9 Å². The van der Waals surface area contributed by atoms with Crippen LogP contribution >= 0.6 is 35.6 Å². The molecule has 1 aromatic rings. The van der Waals surface area contributed by atoms with Crippen molar-refractivity contribution in [3.8, 4) is 0 Å². The van der Waals surface area contributed by atoms with Gasteiger partial charge in [-0.05, 0) is 30.0 Å². The molecular weight excluding hydrogens is 347 g/mol. The average molecular weight is 366 g/mol. The number of aliphatic hydroxyl groups excluding tert-OH is 1. The summed E-state index contributed by atoms with van der Waals surface area (Å²) in [4.78, 5) is 12.1. The third kappa shape index (κ3) is 3.87. The van der Waals surface area contributed by atoms with E-state index in [1.807, 2.05) is 6.07 Å². The molecule has 1 saturated carbocycles. The molecule has 3 rings (SSSR count). The Morgan fingerprint density at radius 3 is 2.77 bits per heavy atom. The van der Waals surface area contributed by atoms with Gasteiger partial charge in [0.15, 0.2) is 0 Å². The van der Waals surface area contributed by atoms with Gasteiger partial charge < -0.3 is 15.7 Å². The van der Waals surface area contributed by atoms with Gasteiger partial charge in [-0.15, -0.1) is 12.4 Å². The first-order valence-corrected chi connectivity index (χ1v) is 7.93. The lowest BCUT2D eigenvalue weighted by atomic mass is 10.1. The van der Waals surface area contributed by atoms with Gasteiger partial charge in [0.2, 0.25) is 5.91 Å². The number of benzene rings is 1. The van der Waals surface area contributed by atoms with Crippen molar-refractivity contribution in [2.24, 2.45) is 11.8 Å². The molecule has 1 aliphatic carbocycles. The van der Waals surface area contributed by atoms with Gasteiger partial charge in [0, 0.05) is 41.5 Å². The number of nitrogens with one attached hydrogen (secondary N) is 2. The van der Waals surface area contributed by atoms with E-state index < -0.39 is 0 Å². The Kier molecular flexibility index (Phi) is 5.97. The summed E-state index contributed by atoms with van der Waals surface area (Å²) in [6, 6.07) is 5.41. The third-order valence-corrected chi connectivity index (χ3v) is 4.89. The van der Waals surface area contributed by atoms with E-state index in [9.17, 15) is 9.90 Å². The van der Waals surface area contributed by atoms with E-state index in [1.54, 1.807) is 12.1 Å². The molecule has 1 aromatic carbocycles. The molecule has 1 heterocycles. The summed E-state index contributed by atoms with van der Waals surface area (Å²) in [6.45, 7) is 1.87. The summed E-state index contributed by atoms with van der Waals surface area (Å²) in [5.41, 5.74) is 0.990. The third-order valence-electron chi connectivity index (χ3n) is 4.33. The molecular formula is C15H19Cl3N2O2. The van der Waals surface area contributed by atoms with Gasteiger partial charge in [0.25, 0.3) is 0 Å². The first kappa shape index (κ1) is 17.8. The van der Waals surface area contributed by atoms with Crippen LogP contribution in [0.4, 0.5) is 0 Å². The summed E-state index contributed by atoms with van der Waals surface area (Å²) in [6.07, 6.45) is 0.449. The number of halogens is 3. The smallest absolute Gasteiger partial charge is 0.223 e. The van der Waals surface area contributed by atoms with Crippen molar-refractivity contribution in [2.45, 2.75) is 18.4 Å². The van der Waals surface area contributed by atoms with Gasteiger partial charge in [-0.2, -0.15) is 0 Å². The molecule has 4 unspecified atom stereocenters. The highest BCUT2D eigenvalue weighted by Gasteiger charge is 2.45. The number of amides is 1. The highest BCUT2D eigenvalue weighted by Crippen LogP contribution is 2.50. The van der Waals surface area contributed by atoms with Crippen molar-refractivity contribution >= 4 is 41.5 Å². The second-order valence-corrected chi connectivity index (χ2v) is 6.69. The maximum absolute atomic E-state index is 12.1. The second kappa shape index (κ2) is 7.37. The Balaban J connectivity index is 0.00000176. The minimum absolute atomic E-state index is 0. The minimum atomic E-state index is -0.369. The van der Waals surface area contributed by atoms with Crippen LogP contribution in [-0.4, -0.2) is 36.8 Å². The van der Waals surface area contributed by atoms with E-state index in [1.165, 1.54) is 0 Å². The van der Waals surface area contributed by atoms with E-state index in [-0.39, 0.29) is 42.2 Å². The molecule has 2 fully saturated rings. The zero-order chi connectivity index (χ0) is 15.0. The number of carbonyl (C=O) groups excluding carboxylic acids is 1. The molecule has 4 nitrogen and oxygen atoms in total. The molecule has 4 atom stereocenters. The van der Waals surface area contributed by atoms with Gasteiger partial charge in [0.05, 0.1) is 6.10 Å². The quantitative estimate of drug-likeness (QED) is 0.767. The van der Waals surface area contributed by atoms with Crippen molar-refractivity contribution in [1.82, 2.24) is 10.6 Å². The topological polar surface area (TPSA) is 61.4 Å². The summed E-state index contributed by atoms with van der Waals surface area (Å²) < 4.78 is 0. The summed E-state index contributed by atoms with van der Waals surface area (Å²) in [5, 5.41) is 17.0. The van der Waals surface area contributed by atoms with E-state index in [0.29, 0.717) is 23.1 Å². The Morgan fingerprint density at radius 1 is 1.36 bits per heavy atom. The summed E-state index contributed by atoms with van der Waals surface area (Å²) >= 11 is 12.1. The van der Waals surface area contributed by atoms with E-state index in [0.717, 1.165) is 18.5 Å². The van der Waals surface area contributed by atoms with Crippen LogP contribution in [0.15, 0.2) is 18.2 Å². The minimum Gasteiger partial charge on any atom is -0.391 e. The standard InChI is InChI=1S/C15H18Cl2N2O2.ClH/c16-9-1-2-10(13(17)3-9)11-4-12(11)15(21)19-6-8-5-18-7-14(8)20;/h1-3,8,11-12,14,18,20H,4-7H2,(H,19,21);1H. The number of hydrogen-bond acceptors (Lipinski definition) is 3. The van der Waals surface area contributed by atoms with Crippen molar-refractivity contribution in [3.63, 3.8) is 0 Å². The predicted molar refractivity (Wildman–Crippen MR) is 89.9 cm³/mol.